The second-order valence-corrected chi connectivity index (χ2v) is 6.75. The Morgan fingerprint density at radius 3 is 2.52 bits per heavy atom. The molecule has 0 atom stereocenters. The van der Waals surface area contributed by atoms with Crippen molar-refractivity contribution >= 4 is 29.4 Å². The van der Waals surface area contributed by atoms with Gasteiger partial charge < -0.3 is 15.1 Å². The smallest absolute Gasteiger partial charge is 0.321 e. The van der Waals surface area contributed by atoms with E-state index in [1.165, 1.54) is 12.1 Å². The number of nitrogens with one attached hydrogen (secondary N) is 3. The molecule has 1 heterocycles. The molecule has 1 aromatic heterocycles. The van der Waals surface area contributed by atoms with E-state index in [4.69, 9.17) is 4.42 Å². The van der Waals surface area contributed by atoms with Gasteiger partial charge in [0.1, 0.15) is 5.82 Å². The largest absolute Gasteiger partial charge is 0.414 e. The first kappa shape index (κ1) is 20.3. The fourth-order valence-electron chi connectivity index (χ4n) is 2.23. The number of urea groups is 1. The van der Waals surface area contributed by atoms with Crippen LogP contribution in [0.1, 0.15) is 11.5 Å². The van der Waals surface area contributed by atoms with Crippen molar-refractivity contribution in [1.82, 2.24) is 20.8 Å². The summed E-state index contributed by atoms with van der Waals surface area (Å²) in [5.41, 5.74) is 1.64. The molecule has 3 aromatic rings. The molecular formula is C19H18FN5O3S. The highest BCUT2D eigenvalue weighted by Crippen LogP contribution is 2.16. The monoisotopic (exact) mass is 415 g/mol. The van der Waals surface area contributed by atoms with Gasteiger partial charge in [0, 0.05) is 12.2 Å². The highest BCUT2D eigenvalue weighted by molar-refractivity contribution is 7.99. The second kappa shape index (κ2) is 10.2. The van der Waals surface area contributed by atoms with Gasteiger partial charge in [-0.2, -0.15) is 0 Å². The molecule has 8 nitrogen and oxygen atoms in total. The van der Waals surface area contributed by atoms with Gasteiger partial charge in [0.05, 0.1) is 12.3 Å². The minimum absolute atomic E-state index is 0.0498. The highest BCUT2D eigenvalue weighted by Gasteiger charge is 2.12. The zero-order valence-corrected chi connectivity index (χ0v) is 16.0. The van der Waals surface area contributed by atoms with E-state index in [-0.39, 0.29) is 23.3 Å². The number of aromatic nitrogens is 2. The average Bonchev–Trinajstić information content (AvgIpc) is 3.19. The first-order valence-corrected chi connectivity index (χ1v) is 9.63. The maximum Gasteiger partial charge on any atom is 0.321 e. The summed E-state index contributed by atoms with van der Waals surface area (Å²) in [5.74, 6) is -0.534. The molecule has 10 heteroatoms. The van der Waals surface area contributed by atoms with Crippen LogP contribution in [-0.2, 0) is 17.9 Å². The van der Waals surface area contributed by atoms with Crippen LogP contribution < -0.4 is 16.0 Å². The van der Waals surface area contributed by atoms with Gasteiger partial charge in [-0.15, -0.1) is 10.2 Å². The summed E-state index contributed by atoms with van der Waals surface area (Å²) >= 11 is 1.02. The third-order valence-corrected chi connectivity index (χ3v) is 4.43. The molecule has 0 aliphatic heterocycles. The van der Waals surface area contributed by atoms with Gasteiger partial charge in [-0.3, -0.25) is 10.1 Å². The van der Waals surface area contributed by atoms with Crippen molar-refractivity contribution in [3.05, 3.63) is 71.9 Å². The number of benzene rings is 2. The van der Waals surface area contributed by atoms with Gasteiger partial charge in [-0.1, -0.05) is 42.1 Å². The summed E-state index contributed by atoms with van der Waals surface area (Å²) in [6.07, 6.45) is 0. The maximum absolute atomic E-state index is 12.9. The molecule has 0 bridgehead atoms. The van der Waals surface area contributed by atoms with E-state index < -0.39 is 11.9 Å². The van der Waals surface area contributed by atoms with Crippen LogP contribution in [0.5, 0.6) is 0 Å². The number of carbonyl (C=O) groups excluding carboxylic acids is 2. The molecule has 0 saturated carbocycles. The van der Waals surface area contributed by atoms with E-state index >= 15 is 0 Å². The zero-order valence-electron chi connectivity index (χ0n) is 15.2. The number of hydrogen-bond acceptors (Lipinski definition) is 7. The van der Waals surface area contributed by atoms with Crippen LogP contribution in [0.15, 0.2) is 64.2 Å². The Morgan fingerprint density at radius 1 is 1.00 bits per heavy atom. The Balaban J connectivity index is 1.36. The van der Waals surface area contributed by atoms with Crippen molar-refractivity contribution in [1.29, 1.82) is 0 Å². The van der Waals surface area contributed by atoms with Crippen molar-refractivity contribution < 1.29 is 18.4 Å². The van der Waals surface area contributed by atoms with Crippen LogP contribution in [0.3, 0.4) is 0 Å². The zero-order chi connectivity index (χ0) is 20.5. The molecule has 150 valence electrons. The van der Waals surface area contributed by atoms with E-state index in [1.54, 1.807) is 12.1 Å². The van der Waals surface area contributed by atoms with Gasteiger partial charge in [0.15, 0.2) is 0 Å². The molecule has 0 radical (unpaired) electrons. The van der Waals surface area contributed by atoms with E-state index in [2.05, 4.69) is 26.1 Å². The molecule has 2 aromatic carbocycles. The van der Waals surface area contributed by atoms with Gasteiger partial charge in [-0.25, -0.2) is 9.18 Å². The van der Waals surface area contributed by atoms with Crippen molar-refractivity contribution in [2.75, 3.05) is 11.1 Å². The second-order valence-electron chi connectivity index (χ2n) is 5.83. The Hall–Kier alpha value is -3.40. The van der Waals surface area contributed by atoms with Crippen molar-refractivity contribution in [3.63, 3.8) is 0 Å². The third kappa shape index (κ3) is 6.92. The van der Waals surface area contributed by atoms with E-state index in [0.717, 1.165) is 17.3 Å². The SMILES string of the molecule is O=C(CSc1nnc(CNc2ccc(F)cc2)o1)NC(=O)NCc1ccccc1. The third-order valence-electron chi connectivity index (χ3n) is 3.61. The molecular weight excluding hydrogens is 397 g/mol. The number of amides is 3. The fourth-order valence-corrected chi connectivity index (χ4v) is 2.81. The number of thioether (sulfide) groups is 1. The van der Waals surface area contributed by atoms with Gasteiger partial charge in [0.25, 0.3) is 5.22 Å². The van der Waals surface area contributed by atoms with Crippen LogP contribution >= 0.6 is 11.8 Å². The van der Waals surface area contributed by atoms with Crippen molar-refractivity contribution in [2.24, 2.45) is 0 Å². The quantitative estimate of drug-likeness (QED) is 0.485. The Labute approximate surface area is 170 Å². The molecule has 0 aliphatic rings. The number of imide groups is 1. The molecule has 29 heavy (non-hydrogen) atoms. The lowest BCUT2D eigenvalue weighted by atomic mass is 10.2. The number of halogens is 1. The van der Waals surface area contributed by atoms with Gasteiger partial charge >= 0.3 is 6.03 Å². The molecule has 0 aliphatic carbocycles. The molecule has 3 N–H and O–H groups in total. The van der Waals surface area contributed by atoms with E-state index in [1.807, 2.05) is 30.3 Å². The van der Waals surface area contributed by atoms with Crippen LogP contribution in [-0.4, -0.2) is 27.9 Å². The molecule has 0 spiro atoms. The highest BCUT2D eigenvalue weighted by atomic mass is 32.2. The summed E-state index contributed by atoms with van der Waals surface area (Å²) in [7, 11) is 0. The molecule has 0 fully saturated rings. The predicted octanol–water partition coefficient (Wildman–Crippen LogP) is 2.94. The molecule has 0 unspecified atom stereocenters. The lowest BCUT2D eigenvalue weighted by molar-refractivity contribution is -0.117. The number of nitrogens with zero attached hydrogens (tertiary/aromatic N) is 2. The summed E-state index contributed by atoms with van der Waals surface area (Å²) in [5, 5.41) is 15.8. The van der Waals surface area contributed by atoms with Gasteiger partial charge in [0.2, 0.25) is 11.8 Å². The normalized spacial score (nSPS) is 10.4. The van der Waals surface area contributed by atoms with Crippen LogP contribution in [0, 0.1) is 5.82 Å². The van der Waals surface area contributed by atoms with Crippen LogP contribution in [0.2, 0.25) is 0 Å². The van der Waals surface area contributed by atoms with Gasteiger partial charge in [-0.05, 0) is 29.8 Å². The summed E-state index contributed by atoms with van der Waals surface area (Å²) in [4.78, 5) is 23.6. The van der Waals surface area contributed by atoms with Crippen LogP contribution in [0.25, 0.3) is 0 Å². The molecule has 0 saturated heterocycles. The first-order chi connectivity index (χ1) is 14.1. The lowest BCUT2D eigenvalue weighted by Gasteiger charge is -2.06. The minimum Gasteiger partial charge on any atom is -0.414 e. The number of carbonyl (C=O) groups is 2. The number of anilines is 1. The number of rotatable bonds is 8. The van der Waals surface area contributed by atoms with Crippen molar-refractivity contribution in [2.45, 2.75) is 18.3 Å². The summed E-state index contributed by atoms with van der Waals surface area (Å²) in [6.45, 7) is 0.578. The lowest BCUT2D eigenvalue weighted by Crippen LogP contribution is -2.39. The topological polar surface area (TPSA) is 109 Å². The predicted molar refractivity (Wildman–Crippen MR) is 106 cm³/mol. The van der Waals surface area contributed by atoms with Crippen molar-refractivity contribution in [3.8, 4) is 0 Å². The Bertz CT molecular complexity index is 950. The average molecular weight is 415 g/mol. The maximum atomic E-state index is 12.9. The van der Waals surface area contributed by atoms with Crippen LogP contribution in [0.4, 0.5) is 14.9 Å². The summed E-state index contributed by atoms with van der Waals surface area (Å²) < 4.78 is 18.3. The standard InChI is InChI=1S/C19H18FN5O3S/c20-14-6-8-15(9-7-14)21-11-17-24-25-19(28-17)29-12-16(26)23-18(27)22-10-13-4-2-1-3-5-13/h1-9,21H,10-12H2,(H2,22,23,26,27). The number of hydrogen-bond donors (Lipinski definition) is 3. The fraction of sp³-hybridized carbons (Fsp3) is 0.158. The van der Waals surface area contributed by atoms with E-state index in [9.17, 15) is 14.0 Å². The summed E-state index contributed by atoms with van der Waals surface area (Å²) in [6, 6.07) is 14.6. The first-order valence-electron chi connectivity index (χ1n) is 8.65. The Kier molecular flexibility index (Phi) is 7.17. The Morgan fingerprint density at radius 2 is 1.76 bits per heavy atom. The molecule has 3 rings (SSSR count). The van der Waals surface area contributed by atoms with E-state index in [0.29, 0.717) is 18.1 Å². The minimum atomic E-state index is -0.575. The molecule has 3 amide bonds.